The molecule has 0 aliphatic rings. The maximum absolute atomic E-state index is 11.0. The number of nitrogens with one attached hydrogen (secondary N) is 2. The second-order valence-corrected chi connectivity index (χ2v) is 5.26. The van der Waals surface area contributed by atoms with E-state index in [1.165, 1.54) is 6.07 Å². The topological polar surface area (TPSA) is 67.2 Å². The highest BCUT2D eigenvalue weighted by Gasteiger charge is 2.11. The molecule has 2 N–H and O–H groups in total. The predicted molar refractivity (Wildman–Crippen MR) is 93.5 cm³/mol. The van der Waals surface area contributed by atoms with Crippen molar-refractivity contribution in [2.45, 2.75) is 20.3 Å². The molecule has 0 saturated carbocycles. The van der Waals surface area contributed by atoms with Crippen LogP contribution in [-0.4, -0.2) is 10.0 Å². The first-order chi connectivity index (χ1) is 10.5. The first kappa shape index (κ1) is 15.9. The van der Waals surface area contributed by atoms with Crippen LogP contribution in [-0.2, 0) is 6.42 Å². The Morgan fingerprint density at radius 1 is 1.23 bits per heavy atom. The molecule has 0 atom stereocenters. The average molecular weight is 315 g/mol. The molecule has 0 radical (unpaired) electrons. The highest BCUT2D eigenvalue weighted by atomic mass is 32.1. The van der Waals surface area contributed by atoms with Crippen molar-refractivity contribution in [3.05, 3.63) is 63.7 Å². The van der Waals surface area contributed by atoms with Crippen molar-refractivity contribution in [1.29, 1.82) is 0 Å². The summed E-state index contributed by atoms with van der Waals surface area (Å²) in [5.41, 5.74) is 3.36. The zero-order chi connectivity index (χ0) is 16.1. The number of rotatable bonds is 4. The third-order valence-corrected chi connectivity index (χ3v) is 3.51. The van der Waals surface area contributed by atoms with Gasteiger partial charge in [-0.25, -0.2) is 0 Å². The number of thiocarbonyl (C=S) groups is 1. The number of anilines is 2. The SMILES string of the molecule is CCc1ccccc1NC(=S)Nc1ccc(C)c([N+](=O)[O-])c1. The van der Waals surface area contributed by atoms with Gasteiger partial charge in [-0.15, -0.1) is 0 Å². The highest BCUT2D eigenvalue weighted by Crippen LogP contribution is 2.23. The van der Waals surface area contributed by atoms with Crippen LogP contribution < -0.4 is 10.6 Å². The standard InChI is InChI=1S/C16H17N3O2S/c1-3-12-6-4-5-7-14(12)18-16(22)17-13-9-8-11(2)15(10-13)19(20)21/h4-10H,3H2,1-2H3,(H2,17,18,22). The smallest absolute Gasteiger partial charge is 0.274 e. The van der Waals surface area contributed by atoms with Gasteiger partial charge in [-0.3, -0.25) is 10.1 Å². The molecule has 0 bridgehead atoms. The van der Waals surface area contributed by atoms with Crippen LogP contribution in [0, 0.1) is 17.0 Å². The molecule has 0 amide bonds. The third kappa shape index (κ3) is 3.79. The Balaban J connectivity index is 2.12. The normalized spacial score (nSPS) is 10.1. The van der Waals surface area contributed by atoms with Crippen molar-refractivity contribution in [1.82, 2.24) is 0 Å². The fourth-order valence-electron chi connectivity index (χ4n) is 2.12. The summed E-state index contributed by atoms with van der Waals surface area (Å²) >= 11 is 5.28. The summed E-state index contributed by atoms with van der Waals surface area (Å²) in [6, 6.07) is 12.8. The lowest BCUT2D eigenvalue weighted by atomic mass is 10.1. The number of para-hydroxylation sites is 1. The van der Waals surface area contributed by atoms with Gasteiger partial charge in [-0.2, -0.15) is 0 Å². The lowest BCUT2D eigenvalue weighted by Crippen LogP contribution is -2.20. The van der Waals surface area contributed by atoms with E-state index < -0.39 is 4.92 Å². The molecule has 5 nitrogen and oxygen atoms in total. The number of nitro benzene ring substituents is 1. The van der Waals surface area contributed by atoms with Gasteiger partial charge in [0, 0.05) is 23.0 Å². The van der Waals surface area contributed by atoms with E-state index in [9.17, 15) is 10.1 Å². The first-order valence-corrected chi connectivity index (χ1v) is 7.33. The number of hydrogen-bond acceptors (Lipinski definition) is 3. The van der Waals surface area contributed by atoms with E-state index in [1.54, 1.807) is 19.1 Å². The second kappa shape index (κ2) is 7.00. The Kier molecular flexibility index (Phi) is 5.06. The van der Waals surface area contributed by atoms with Crippen LogP contribution in [0.1, 0.15) is 18.1 Å². The summed E-state index contributed by atoms with van der Waals surface area (Å²) in [6.45, 7) is 3.77. The van der Waals surface area contributed by atoms with Gasteiger partial charge in [-0.1, -0.05) is 31.2 Å². The molecule has 0 saturated heterocycles. The van der Waals surface area contributed by atoms with Crippen molar-refractivity contribution < 1.29 is 4.92 Å². The molecule has 0 heterocycles. The van der Waals surface area contributed by atoms with Gasteiger partial charge < -0.3 is 10.6 Å². The summed E-state index contributed by atoms with van der Waals surface area (Å²) in [6.07, 6.45) is 0.891. The van der Waals surface area contributed by atoms with E-state index >= 15 is 0 Å². The molecule has 22 heavy (non-hydrogen) atoms. The summed E-state index contributed by atoms with van der Waals surface area (Å²) in [7, 11) is 0. The Morgan fingerprint density at radius 2 is 1.95 bits per heavy atom. The first-order valence-electron chi connectivity index (χ1n) is 6.92. The lowest BCUT2D eigenvalue weighted by Gasteiger charge is -2.13. The van der Waals surface area contributed by atoms with Crippen LogP contribution in [0.4, 0.5) is 17.1 Å². The van der Waals surface area contributed by atoms with Crippen molar-refractivity contribution in [2.75, 3.05) is 10.6 Å². The van der Waals surface area contributed by atoms with E-state index in [2.05, 4.69) is 17.6 Å². The Hall–Kier alpha value is -2.47. The second-order valence-electron chi connectivity index (χ2n) is 4.85. The minimum absolute atomic E-state index is 0.0711. The maximum atomic E-state index is 11.0. The number of benzene rings is 2. The van der Waals surface area contributed by atoms with Crippen LogP contribution in [0.3, 0.4) is 0 Å². The molecule has 0 fully saturated rings. The van der Waals surface area contributed by atoms with Gasteiger partial charge in [0.1, 0.15) is 0 Å². The minimum Gasteiger partial charge on any atom is -0.332 e. The number of hydrogen-bond donors (Lipinski definition) is 2. The van der Waals surface area contributed by atoms with E-state index in [1.807, 2.05) is 24.3 Å². The monoisotopic (exact) mass is 315 g/mol. The van der Waals surface area contributed by atoms with E-state index in [4.69, 9.17) is 12.2 Å². The molecular formula is C16H17N3O2S. The summed E-state index contributed by atoms with van der Waals surface area (Å²) in [5, 5.41) is 17.5. The Morgan fingerprint density at radius 3 is 2.64 bits per heavy atom. The predicted octanol–water partition coefficient (Wildman–Crippen LogP) is 4.27. The summed E-state index contributed by atoms with van der Waals surface area (Å²) < 4.78 is 0. The zero-order valence-corrected chi connectivity index (χ0v) is 13.2. The summed E-state index contributed by atoms with van der Waals surface area (Å²) in [4.78, 5) is 10.6. The molecule has 6 heteroatoms. The molecule has 0 spiro atoms. The maximum Gasteiger partial charge on any atom is 0.274 e. The largest absolute Gasteiger partial charge is 0.332 e. The molecule has 114 valence electrons. The van der Waals surface area contributed by atoms with Gasteiger partial charge in [0.15, 0.2) is 5.11 Å². The van der Waals surface area contributed by atoms with Crippen molar-refractivity contribution in [2.24, 2.45) is 0 Å². The number of nitro groups is 1. The van der Waals surface area contributed by atoms with Gasteiger partial charge in [0.05, 0.1) is 4.92 Å². The molecule has 0 unspecified atom stereocenters. The van der Waals surface area contributed by atoms with Gasteiger partial charge in [0.25, 0.3) is 5.69 Å². The highest BCUT2D eigenvalue weighted by molar-refractivity contribution is 7.80. The van der Waals surface area contributed by atoms with Crippen LogP contribution in [0.25, 0.3) is 0 Å². The van der Waals surface area contributed by atoms with E-state index in [0.717, 1.165) is 17.7 Å². The average Bonchev–Trinajstić information content (AvgIpc) is 2.49. The lowest BCUT2D eigenvalue weighted by molar-refractivity contribution is -0.385. The van der Waals surface area contributed by atoms with E-state index in [-0.39, 0.29) is 5.69 Å². The summed E-state index contributed by atoms with van der Waals surface area (Å²) in [5.74, 6) is 0. The number of aryl methyl sites for hydroxylation is 2. The molecule has 2 rings (SSSR count). The zero-order valence-electron chi connectivity index (χ0n) is 12.4. The van der Waals surface area contributed by atoms with Crippen molar-refractivity contribution >= 4 is 34.4 Å². The van der Waals surface area contributed by atoms with Crippen LogP contribution in [0.15, 0.2) is 42.5 Å². The molecule has 0 aromatic heterocycles. The van der Waals surface area contributed by atoms with Crippen molar-refractivity contribution in [3.8, 4) is 0 Å². The fraction of sp³-hybridized carbons (Fsp3) is 0.188. The Labute approximate surface area is 134 Å². The molecule has 0 aliphatic heterocycles. The number of nitrogens with zero attached hydrogens (tertiary/aromatic N) is 1. The molecule has 2 aromatic rings. The minimum atomic E-state index is -0.399. The van der Waals surface area contributed by atoms with Gasteiger partial charge in [0.2, 0.25) is 0 Å². The van der Waals surface area contributed by atoms with E-state index in [0.29, 0.717) is 16.4 Å². The molecular weight excluding hydrogens is 298 g/mol. The quantitative estimate of drug-likeness (QED) is 0.501. The van der Waals surface area contributed by atoms with Crippen LogP contribution in [0.2, 0.25) is 0 Å². The fourth-order valence-corrected chi connectivity index (χ4v) is 2.35. The van der Waals surface area contributed by atoms with Crippen molar-refractivity contribution in [3.63, 3.8) is 0 Å². The van der Waals surface area contributed by atoms with Gasteiger partial charge in [-0.05, 0) is 43.3 Å². The molecule has 2 aromatic carbocycles. The molecule has 0 aliphatic carbocycles. The Bertz CT molecular complexity index is 716. The van der Waals surface area contributed by atoms with Gasteiger partial charge >= 0.3 is 0 Å². The van der Waals surface area contributed by atoms with Crippen LogP contribution in [0.5, 0.6) is 0 Å². The third-order valence-electron chi connectivity index (χ3n) is 3.31. The van der Waals surface area contributed by atoms with Crippen LogP contribution >= 0.6 is 12.2 Å².